The van der Waals surface area contributed by atoms with Gasteiger partial charge in [-0.3, -0.25) is 0 Å². The topological polar surface area (TPSA) is 12.5 Å². The quantitative estimate of drug-likeness (QED) is 0.610. The maximum Gasteiger partial charge on any atom is 0.0517 e. The maximum atomic E-state index is 5.15. The molecular weight excluding hydrogens is 138 g/mol. The van der Waals surface area contributed by atoms with Crippen molar-refractivity contribution in [2.24, 2.45) is 11.8 Å². The van der Waals surface area contributed by atoms with Gasteiger partial charge in [-0.15, -0.1) is 0 Å². The van der Waals surface area contributed by atoms with Gasteiger partial charge in [-0.25, -0.2) is 0 Å². The number of hydrogen-bond acceptors (Lipinski definition) is 2. The lowest BCUT2D eigenvalue weighted by atomic mass is 9.82. The third-order valence-electron chi connectivity index (χ3n) is 2.58. The first-order valence-corrected chi connectivity index (χ1v) is 4.36. The Morgan fingerprint density at radius 3 is 2.55 bits per heavy atom. The highest BCUT2D eigenvalue weighted by molar-refractivity contribution is 4.91. The lowest BCUT2D eigenvalue weighted by Gasteiger charge is -2.48. The molecule has 1 heterocycles. The Balaban J connectivity index is 2.35. The second-order valence-electron chi connectivity index (χ2n) is 3.89. The van der Waals surface area contributed by atoms with Gasteiger partial charge in [0.15, 0.2) is 0 Å². The Labute approximate surface area is 69.5 Å². The van der Waals surface area contributed by atoms with Crippen LogP contribution in [0.2, 0.25) is 0 Å². The van der Waals surface area contributed by atoms with Crippen molar-refractivity contribution in [3.63, 3.8) is 0 Å². The highest BCUT2D eigenvalue weighted by Gasteiger charge is 2.37. The summed E-state index contributed by atoms with van der Waals surface area (Å²) in [5, 5.41) is 0. The number of hydrogen-bond donors (Lipinski definition) is 0. The van der Waals surface area contributed by atoms with E-state index >= 15 is 0 Å². The summed E-state index contributed by atoms with van der Waals surface area (Å²) < 4.78 is 5.15. The van der Waals surface area contributed by atoms with E-state index in [0.717, 1.165) is 24.5 Å². The number of methoxy groups -OCH3 is 1. The van der Waals surface area contributed by atoms with E-state index in [9.17, 15) is 0 Å². The zero-order valence-electron chi connectivity index (χ0n) is 8.00. The van der Waals surface area contributed by atoms with Crippen molar-refractivity contribution >= 4 is 0 Å². The standard InChI is InChI=1S/C9H19NO/c1-7(2)9-8(6-11-4)5-10(9)3/h7-9H,5-6H2,1-4H3. The molecular formula is C9H19NO. The molecule has 1 aliphatic rings. The largest absolute Gasteiger partial charge is 0.384 e. The van der Waals surface area contributed by atoms with Crippen molar-refractivity contribution < 1.29 is 4.74 Å². The molecule has 2 nitrogen and oxygen atoms in total. The predicted molar refractivity (Wildman–Crippen MR) is 46.6 cm³/mol. The molecule has 0 spiro atoms. The summed E-state index contributed by atoms with van der Waals surface area (Å²) in [6.07, 6.45) is 0. The SMILES string of the molecule is COCC1CN(C)C1C(C)C. The molecule has 11 heavy (non-hydrogen) atoms. The molecule has 0 amide bonds. The van der Waals surface area contributed by atoms with Crippen LogP contribution in [-0.4, -0.2) is 38.3 Å². The van der Waals surface area contributed by atoms with E-state index in [0.29, 0.717) is 0 Å². The highest BCUT2D eigenvalue weighted by Crippen LogP contribution is 2.28. The van der Waals surface area contributed by atoms with Crippen LogP contribution in [0.25, 0.3) is 0 Å². The van der Waals surface area contributed by atoms with E-state index in [2.05, 4.69) is 25.8 Å². The van der Waals surface area contributed by atoms with E-state index in [-0.39, 0.29) is 0 Å². The molecule has 2 unspecified atom stereocenters. The molecule has 0 aromatic heterocycles. The van der Waals surface area contributed by atoms with Gasteiger partial charge in [0, 0.05) is 25.6 Å². The number of nitrogens with zero attached hydrogens (tertiary/aromatic N) is 1. The zero-order chi connectivity index (χ0) is 8.43. The van der Waals surface area contributed by atoms with Crippen molar-refractivity contribution in [2.75, 3.05) is 27.3 Å². The molecule has 0 aromatic rings. The number of ether oxygens (including phenoxy) is 1. The summed E-state index contributed by atoms with van der Waals surface area (Å²) in [6.45, 7) is 6.69. The normalized spacial score (nSPS) is 32.5. The van der Waals surface area contributed by atoms with Crippen molar-refractivity contribution in [3.05, 3.63) is 0 Å². The summed E-state index contributed by atoms with van der Waals surface area (Å²) in [5.41, 5.74) is 0. The average Bonchev–Trinajstić information content (AvgIpc) is 1.85. The summed E-state index contributed by atoms with van der Waals surface area (Å²) in [4.78, 5) is 2.41. The van der Waals surface area contributed by atoms with E-state index in [4.69, 9.17) is 4.74 Å². The Morgan fingerprint density at radius 1 is 1.55 bits per heavy atom. The first kappa shape index (κ1) is 9.01. The molecule has 2 heteroatoms. The van der Waals surface area contributed by atoms with E-state index in [1.54, 1.807) is 7.11 Å². The van der Waals surface area contributed by atoms with Crippen LogP contribution in [0.3, 0.4) is 0 Å². The second-order valence-corrected chi connectivity index (χ2v) is 3.89. The molecule has 0 radical (unpaired) electrons. The van der Waals surface area contributed by atoms with Gasteiger partial charge >= 0.3 is 0 Å². The van der Waals surface area contributed by atoms with Crippen LogP contribution in [0.1, 0.15) is 13.8 Å². The van der Waals surface area contributed by atoms with Crippen LogP contribution in [0.15, 0.2) is 0 Å². The fourth-order valence-corrected chi connectivity index (χ4v) is 2.24. The van der Waals surface area contributed by atoms with Gasteiger partial charge in [0.2, 0.25) is 0 Å². The highest BCUT2D eigenvalue weighted by atomic mass is 16.5. The van der Waals surface area contributed by atoms with Gasteiger partial charge in [0.25, 0.3) is 0 Å². The summed E-state index contributed by atoms with van der Waals surface area (Å²) in [7, 11) is 3.98. The van der Waals surface area contributed by atoms with Gasteiger partial charge < -0.3 is 9.64 Å². The van der Waals surface area contributed by atoms with E-state index in [1.807, 2.05) is 0 Å². The molecule has 0 bridgehead atoms. The van der Waals surface area contributed by atoms with Crippen LogP contribution in [0.5, 0.6) is 0 Å². The van der Waals surface area contributed by atoms with Crippen molar-refractivity contribution in [3.8, 4) is 0 Å². The van der Waals surface area contributed by atoms with Gasteiger partial charge in [-0.05, 0) is 13.0 Å². The third kappa shape index (κ3) is 1.74. The molecule has 1 rings (SSSR count). The predicted octanol–water partition coefficient (Wildman–Crippen LogP) is 1.22. The third-order valence-corrected chi connectivity index (χ3v) is 2.58. The smallest absolute Gasteiger partial charge is 0.0517 e. The number of rotatable bonds is 3. The molecule has 0 saturated carbocycles. The van der Waals surface area contributed by atoms with Gasteiger partial charge in [-0.1, -0.05) is 13.8 Å². The van der Waals surface area contributed by atoms with Crippen molar-refractivity contribution in [1.82, 2.24) is 4.90 Å². The lowest BCUT2D eigenvalue weighted by Crippen LogP contribution is -2.58. The van der Waals surface area contributed by atoms with Crippen LogP contribution in [-0.2, 0) is 4.74 Å². The second kappa shape index (κ2) is 3.55. The first-order valence-electron chi connectivity index (χ1n) is 4.36. The summed E-state index contributed by atoms with van der Waals surface area (Å²) >= 11 is 0. The van der Waals surface area contributed by atoms with Crippen LogP contribution < -0.4 is 0 Å². The van der Waals surface area contributed by atoms with Gasteiger partial charge in [0.1, 0.15) is 0 Å². The van der Waals surface area contributed by atoms with Crippen molar-refractivity contribution in [1.29, 1.82) is 0 Å². The van der Waals surface area contributed by atoms with Crippen LogP contribution in [0.4, 0.5) is 0 Å². The van der Waals surface area contributed by atoms with Crippen LogP contribution >= 0.6 is 0 Å². The monoisotopic (exact) mass is 157 g/mol. The Kier molecular flexibility index (Phi) is 2.90. The fourth-order valence-electron chi connectivity index (χ4n) is 2.24. The van der Waals surface area contributed by atoms with E-state index < -0.39 is 0 Å². The van der Waals surface area contributed by atoms with Gasteiger partial charge in [-0.2, -0.15) is 0 Å². The lowest BCUT2D eigenvalue weighted by molar-refractivity contribution is -0.0328. The molecule has 0 aliphatic carbocycles. The molecule has 1 fully saturated rings. The molecule has 0 N–H and O–H groups in total. The zero-order valence-corrected chi connectivity index (χ0v) is 8.00. The maximum absolute atomic E-state index is 5.15. The summed E-state index contributed by atoms with van der Waals surface area (Å²) in [6, 6.07) is 0.745. The fraction of sp³-hybridized carbons (Fsp3) is 1.00. The summed E-state index contributed by atoms with van der Waals surface area (Å²) in [5.74, 6) is 1.53. The minimum absolute atomic E-state index is 0.745. The Hall–Kier alpha value is -0.0800. The first-order chi connectivity index (χ1) is 5.16. The Morgan fingerprint density at radius 2 is 2.18 bits per heavy atom. The number of likely N-dealkylation sites (tertiary alicyclic amines) is 1. The van der Waals surface area contributed by atoms with E-state index in [1.165, 1.54) is 6.54 Å². The Bertz CT molecular complexity index is 118. The van der Waals surface area contributed by atoms with Gasteiger partial charge in [0.05, 0.1) is 6.61 Å². The molecule has 1 aliphatic heterocycles. The van der Waals surface area contributed by atoms with Crippen molar-refractivity contribution in [2.45, 2.75) is 19.9 Å². The van der Waals surface area contributed by atoms with Crippen LogP contribution in [0, 0.1) is 11.8 Å². The molecule has 2 atom stereocenters. The average molecular weight is 157 g/mol. The molecule has 1 saturated heterocycles. The molecule has 66 valence electrons. The molecule has 0 aromatic carbocycles. The minimum Gasteiger partial charge on any atom is -0.384 e. The minimum atomic E-state index is 0.745.